The Morgan fingerprint density at radius 2 is 2.08 bits per heavy atom. The molecule has 0 fully saturated rings. The second-order valence-corrected chi connectivity index (χ2v) is 3.70. The van der Waals surface area contributed by atoms with E-state index >= 15 is 0 Å². The average molecular weight is 189 g/mol. The third-order valence-electron chi connectivity index (χ3n) is 2.30. The first-order valence-corrected chi connectivity index (χ1v) is 5.04. The maximum atomic E-state index is 9.66. The van der Waals surface area contributed by atoms with Gasteiger partial charge in [-0.2, -0.15) is 0 Å². The van der Waals surface area contributed by atoms with E-state index in [0.717, 1.165) is 39.0 Å². The molecule has 0 saturated heterocycles. The van der Waals surface area contributed by atoms with Gasteiger partial charge in [0.15, 0.2) is 0 Å². The zero-order chi connectivity index (χ0) is 10.2. The number of aliphatic hydroxyl groups is 1. The van der Waals surface area contributed by atoms with E-state index in [9.17, 15) is 5.11 Å². The molecule has 1 unspecified atom stereocenters. The van der Waals surface area contributed by atoms with Crippen molar-refractivity contribution in [2.75, 3.05) is 26.8 Å². The third-order valence-corrected chi connectivity index (χ3v) is 2.30. The number of hydrogen-bond donors (Lipinski definition) is 2. The topological polar surface area (TPSA) is 41.5 Å². The summed E-state index contributed by atoms with van der Waals surface area (Å²) in [5, 5.41) is 12.9. The highest BCUT2D eigenvalue weighted by Crippen LogP contribution is 2.11. The summed E-state index contributed by atoms with van der Waals surface area (Å²) < 4.78 is 4.92. The van der Waals surface area contributed by atoms with Gasteiger partial charge in [0.2, 0.25) is 0 Å². The summed E-state index contributed by atoms with van der Waals surface area (Å²) in [5.41, 5.74) is -0.506. The van der Waals surface area contributed by atoms with Gasteiger partial charge in [0.1, 0.15) is 0 Å². The largest absolute Gasteiger partial charge is 0.390 e. The van der Waals surface area contributed by atoms with Crippen molar-refractivity contribution < 1.29 is 9.84 Å². The van der Waals surface area contributed by atoms with E-state index in [2.05, 4.69) is 5.32 Å². The van der Waals surface area contributed by atoms with Gasteiger partial charge in [0.25, 0.3) is 0 Å². The van der Waals surface area contributed by atoms with Crippen molar-refractivity contribution in [3.8, 4) is 0 Å². The fraction of sp³-hybridized carbons (Fsp3) is 1.00. The van der Waals surface area contributed by atoms with Crippen LogP contribution in [0.3, 0.4) is 0 Å². The van der Waals surface area contributed by atoms with Crippen LogP contribution in [0.5, 0.6) is 0 Å². The summed E-state index contributed by atoms with van der Waals surface area (Å²) in [6.07, 6.45) is 2.66. The second-order valence-electron chi connectivity index (χ2n) is 3.70. The molecule has 0 rings (SSSR count). The Morgan fingerprint density at radius 3 is 2.62 bits per heavy atom. The van der Waals surface area contributed by atoms with Crippen LogP contribution in [-0.4, -0.2) is 37.5 Å². The van der Waals surface area contributed by atoms with E-state index in [1.54, 1.807) is 7.11 Å². The van der Waals surface area contributed by atoms with Crippen LogP contribution in [0.1, 0.15) is 33.1 Å². The van der Waals surface area contributed by atoms with Crippen LogP contribution in [0.25, 0.3) is 0 Å². The van der Waals surface area contributed by atoms with Crippen molar-refractivity contribution >= 4 is 0 Å². The Morgan fingerprint density at radius 1 is 1.38 bits per heavy atom. The lowest BCUT2D eigenvalue weighted by molar-refractivity contribution is 0.0472. The van der Waals surface area contributed by atoms with Crippen LogP contribution in [-0.2, 0) is 4.74 Å². The summed E-state index contributed by atoms with van der Waals surface area (Å²) in [6, 6.07) is 0. The van der Waals surface area contributed by atoms with Crippen LogP contribution >= 0.6 is 0 Å². The lowest BCUT2D eigenvalue weighted by Crippen LogP contribution is -2.29. The van der Waals surface area contributed by atoms with Crippen molar-refractivity contribution in [1.29, 1.82) is 0 Å². The van der Waals surface area contributed by atoms with Crippen molar-refractivity contribution in [3.63, 3.8) is 0 Å². The molecule has 0 aliphatic heterocycles. The zero-order valence-electron chi connectivity index (χ0n) is 9.10. The van der Waals surface area contributed by atoms with Crippen LogP contribution in [0.4, 0.5) is 0 Å². The molecule has 0 bridgehead atoms. The molecule has 0 saturated carbocycles. The monoisotopic (exact) mass is 189 g/mol. The molecule has 0 aromatic carbocycles. The summed E-state index contributed by atoms with van der Waals surface area (Å²) in [6.45, 7) is 6.53. The highest BCUT2D eigenvalue weighted by Gasteiger charge is 2.15. The average Bonchev–Trinajstić information content (AvgIpc) is 2.11. The molecule has 2 N–H and O–H groups in total. The van der Waals surface area contributed by atoms with Gasteiger partial charge in [0, 0.05) is 13.7 Å². The molecular formula is C10H23NO2. The van der Waals surface area contributed by atoms with E-state index in [1.165, 1.54) is 0 Å². The van der Waals surface area contributed by atoms with Gasteiger partial charge in [-0.3, -0.25) is 0 Å². The number of methoxy groups -OCH3 is 1. The molecule has 1 atom stereocenters. The molecule has 3 heteroatoms. The maximum absolute atomic E-state index is 9.66. The van der Waals surface area contributed by atoms with E-state index in [1.807, 2.05) is 13.8 Å². The zero-order valence-corrected chi connectivity index (χ0v) is 9.10. The normalized spacial score (nSPS) is 15.7. The summed E-state index contributed by atoms with van der Waals surface area (Å²) in [4.78, 5) is 0. The van der Waals surface area contributed by atoms with Crippen LogP contribution in [0, 0.1) is 0 Å². The van der Waals surface area contributed by atoms with Crippen molar-refractivity contribution in [3.05, 3.63) is 0 Å². The standard InChI is InChI=1S/C10H23NO2/c1-4-10(2,12)6-8-11-7-5-9-13-3/h11-12H,4-9H2,1-3H3. The van der Waals surface area contributed by atoms with E-state index in [-0.39, 0.29) is 0 Å². The Balaban J connectivity index is 3.16. The molecule has 3 nitrogen and oxygen atoms in total. The number of nitrogens with one attached hydrogen (secondary N) is 1. The van der Waals surface area contributed by atoms with Gasteiger partial charge in [-0.05, 0) is 39.3 Å². The molecule has 0 aliphatic rings. The number of rotatable bonds is 8. The first-order valence-electron chi connectivity index (χ1n) is 5.04. The molecule has 0 heterocycles. The highest BCUT2D eigenvalue weighted by atomic mass is 16.5. The third kappa shape index (κ3) is 8.22. The van der Waals surface area contributed by atoms with Crippen LogP contribution in [0.15, 0.2) is 0 Å². The minimum Gasteiger partial charge on any atom is -0.390 e. The highest BCUT2D eigenvalue weighted by molar-refractivity contribution is 4.70. The van der Waals surface area contributed by atoms with Crippen LogP contribution in [0.2, 0.25) is 0 Å². The predicted octanol–water partition coefficient (Wildman–Crippen LogP) is 1.16. The minimum absolute atomic E-state index is 0.506. The van der Waals surface area contributed by atoms with Gasteiger partial charge in [0.05, 0.1) is 5.60 Å². The maximum Gasteiger partial charge on any atom is 0.0629 e. The Hall–Kier alpha value is -0.120. The summed E-state index contributed by atoms with van der Waals surface area (Å²) in [5.74, 6) is 0. The van der Waals surface area contributed by atoms with Crippen molar-refractivity contribution in [2.45, 2.75) is 38.7 Å². The Kier molecular flexibility index (Phi) is 7.23. The number of hydrogen-bond acceptors (Lipinski definition) is 3. The van der Waals surface area contributed by atoms with Gasteiger partial charge >= 0.3 is 0 Å². The van der Waals surface area contributed by atoms with E-state index in [0.29, 0.717) is 0 Å². The molecule has 0 aliphatic carbocycles. The van der Waals surface area contributed by atoms with Crippen molar-refractivity contribution in [2.24, 2.45) is 0 Å². The fourth-order valence-corrected chi connectivity index (χ4v) is 1.00. The lowest BCUT2D eigenvalue weighted by atomic mass is 9.99. The quantitative estimate of drug-likeness (QED) is 0.563. The van der Waals surface area contributed by atoms with E-state index < -0.39 is 5.60 Å². The molecular weight excluding hydrogens is 166 g/mol. The van der Waals surface area contributed by atoms with Crippen LogP contribution < -0.4 is 5.32 Å². The second kappa shape index (κ2) is 7.30. The van der Waals surface area contributed by atoms with Crippen molar-refractivity contribution in [1.82, 2.24) is 5.32 Å². The summed E-state index contributed by atoms with van der Waals surface area (Å²) in [7, 11) is 1.71. The fourth-order valence-electron chi connectivity index (χ4n) is 1.00. The SMILES string of the molecule is CCC(C)(O)CCNCCCOC. The number of ether oxygens (including phenoxy) is 1. The lowest BCUT2D eigenvalue weighted by Gasteiger charge is -2.21. The predicted molar refractivity (Wildman–Crippen MR) is 54.9 cm³/mol. The molecule has 0 spiro atoms. The Bertz CT molecular complexity index is 115. The minimum atomic E-state index is -0.506. The first-order chi connectivity index (χ1) is 6.12. The molecule has 0 aromatic heterocycles. The van der Waals surface area contributed by atoms with Gasteiger partial charge < -0.3 is 15.2 Å². The molecule has 0 radical (unpaired) electrons. The molecule has 0 aromatic rings. The smallest absolute Gasteiger partial charge is 0.0629 e. The molecule has 80 valence electrons. The van der Waals surface area contributed by atoms with E-state index in [4.69, 9.17) is 4.74 Å². The summed E-state index contributed by atoms with van der Waals surface area (Å²) >= 11 is 0. The van der Waals surface area contributed by atoms with Gasteiger partial charge in [-0.25, -0.2) is 0 Å². The van der Waals surface area contributed by atoms with Gasteiger partial charge in [-0.1, -0.05) is 6.92 Å². The first kappa shape index (κ1) is 12.9. The molecule has 13 heavy (non-hydrogen) atoms. The van der Waals surface area contributed by atoms with Gasteiger partial charge in [-0.15, -0.1) is 0 Å². The Labute approximate surface area is 81.5 Å². The molecule has 0 amide bonds.